The topological polar surface area (TPSA) is 90.4 Å². The molecule has 1 aromatic heterocycles. The van der Waals surface area contributed by atoms with Gasteiger partial charge in [0.15, 0.2) is 0 Å². The number of carbonyl (C=O) groups excluding carboxylic acids is 2. The first-order valence-corrected chi connectivity index (χ1v) is 9.00. The standard InChI is InChI=1S/C21H25N3O4/c1-5-27-19(26)17(11-12-21(2,3)4)24-18(25)15-13-22-20(23-14-15)28-16-9-7-6-8-10-16/h6-14,17H,5H2,1-4H3,(H,24,25)/b12-11+. The average molecular weight is 383 g/mol. The van der Waals surface area contributed by atoms with Gasteiger partial charge in [0, 0.05) is 12.4 Å². The van der Waals surface area contributed by atoms with E-state index in [1.165, 1.54) is 12.4 Å². The van der Waals surface area contributed by atoms with E-state index in [-0.39, 0.29) is 23.6 Å². The number of allylic oxidation sites excluding steroid dienone is 1. The highest BCUT2D eigenvalue weighted by Gasteiger charge is 2.21. The summed E-state index contributed by atoms with van der Waals surface area (Å²) in [6.45, 7) is 7.92. The number of ether oxygens (including phenoxy) is 2. The van der Waals surface area contributed by atoms with Gasteiger partial charge in [-0.25, -0.2) is 14.8 Å². The molecule has 1 aromatic carbocycles. The monoisotopic (exact) mass is 383 g/mol. The van der Waals surface area contributed by atoms with Gasteiger partial charge in [-0.05, 0) is 24.5 Å². The van der Waals surface area contributed by atoms with Crippen LogP contribution in [0.25, 0.3) is 0 Å². The lowest BCUT2D eigenvalue weighted by Gasteiger charge is -2.17. The second kappa shape index (κ2) is 9.64. The number of para-hydroxylation sites is 1. The second-order valence-corrected chi connectivity index (χ2v) is 7.10. The molecule has 0 aliphatic heterocycles. The third kappa shape index (κ3) is 6.83. The predicted octanol–water partition coefficient (Wildman–Crippen LogP) is 3.53. The van der Waals surface area contributed by atoms with Crippen LogP contribution in [0.4, 0.5) is 0 Å². The van der Waals surface area contributed by atoms with E-state index in [0.29, 0.717) is 5.75 Å². The average Bonchev–Trinajstić information content (AvgIpc) is 2.66. The highest BCUT2D eigenvalue weighted by molar-refractivity contribution is 5.96. The Morgan fingerprint density at radius 2 is 1.79 bits per heavy atom. The summed E-state index contributed by atoms with van der Waals surface area (Å²) < 4.78 is 10.5. The Labute approximate surface area is 164 Å². The first-order chi connectivity index (χ1) is 13.3. The number of amides is 1. The first kappa shape index (κ1) is 21.1. The first-order valence-electron chi connectivity index (χ1n) is 9.00. The van der Waals surface area contributed by atoms with Gasteiger partial charge in [0.25, 0.3) is 5.91 Å². The number of hydrogen-bond acceptors (Lipinski definition) is 6. The second-order valence-electron chi connectivity index (χ2n) is 7.10. The van der Waals surface area contributed by atoms with Gasteiger partial charge in [-0.15, -0.1) is 0 Å². The molecule has 7 heteroatoms. The van der Waals surface area contributed by atoms with E-state index in [2.05, 4.69) is 15.3 Å². The van der Waals surface area contributed by atoms with Crippen LogP contribution < -0.4 is 10.1 Å². The van der Waals surface area contributed by atoms with E-state index in [4.69, 9.17) is 9.47 Å². The Hall–Kier alpha value is -3.22. The SMILES string of the molecule is CCOC(=O)C(/C=C/C(C)(C)C)NC(=O)c1cnc(Oc2ccccc2)nc1. The zero-order chi connectivity index (χ0) is 20.6. The Balaban J connectivity index is 2.07. The van der Waals surface area contributed by atoms with E-state index in [9.17, 15) is 9.59 Å². The number of esters is 1. The highest BCUT2D eigenvalue weighted by atomic mass is 16.5. The Bertz CT molecular complexity index is 812. The molecule has 1 atom stereocenters. The Morgan fingerprint density at radius 3 is 2.36 bits per heavy atom. The van der Waals surface area contributed by atoms with Crippen LogP contribution in [0.15, 0.2) is 54.9 Å². The molecule has 0 fully saturated rings. The van der Waals surface area contributed by atoms with Crippen molar-refractivity contribution in [2.24, 2.45) is 5.41 Å². The summed E-state index contributed by atoms with van der Waals surface area (Å²) in [6, 6.07) is 8.31. The van der Waals surface area contributed by atoms with Crippen LogP contribution in [0.2, 0.25) is 0 Å². The van der Waals surface area contributed by atoms with Crippen molar-refractivity contribution in [2.75, 3.05) is 6.61 Å². The fraction of sp³-hybridized carbons (Fsp3) is 0.333. The maximum absolute atomic E-state index is 12.5. The molecule has 7 nitrogen and oxygen atoms in total. The highest BCUT2D eigenvalue weighted by Crippen LogP contribution is 2.17. The largest absolute Gasteiger partial charge is 0.464 e. The fourth-order valence-corrected chi connectivity index (χ4v) is 2.11. The smallest absolute Gasteiger partial charge is 0.332 e. The Morgan fingerprint density at radius 1 is 1.14 bits per heavy atom. The van der Waals surface area contributed by atoms with E-state index in [1.807, 2.05) is 45.0 Å². The number of hydrogen-bond donors (Lipinski definition) is 1. The molecule has 0 radical (unpaired) electrons. The summed E-state index contributed by atoms with van der Waals surface area (Å²) in [7, 11) is 0. The zero-order valence-corrected chi connectivity index (χ0v) is 16.5. The fourth-order valence-electron chi connectivity index (χ4n) is 2.11. The third-order valence-corrected chi connectivity index (χ3v) is 3.46. The molecule has 1 amide bonds. The number of carbonyl (C=O) groups is 2. The maximum Gasteiger partial charge on any atom is 0.332 e. The molecule has 2 aromatic rings. The minimum absolute atomic E-state index is 0.123. The van der Waals surface area contributed by atoms with E-state index in [0.717, 1.165) is 0 Å². The number of benzene rings is 1. The quantitative estimate of drug-likeness (QED) is 0.581. The molecular weight excluding hydrogens is 358 g/mol. The molecule has 1 heterocycles. The van der Waals surface area contributed by atoms with E-state index >= 15 is 0 Å². The molecule has 28 heavy (non-hydrogen) atoms. The lowest BCUT2D eigenvalue weighted by molar-refractivity contribution is -0.144. The number of aromatic nitrogens is 2. The summed E-state index contributed by atoms with van der Waals surface area (Å²) in [4.78, 5) is 32.7. The van der Waals surface area contributed by atoms with E-state index in [1.54, 1.807) is 25.1 Å². The van der Waals surface area contributed by atoms with E-state index < -0.39 is 17.9 Å². The molecule has 1 N–H and O–H groups in total. The third-order valence-electron chi connectivity index (χ3n) is 3.46. The van der Waals surface area contributed by atoms with Gasteiger partial charge in [0.2, 0.25) is 0 Å². The van der Waals surface area contributed by atoms with Crippen molar-refractivity contribution in [3.8, 4) is 11.8 Å². The number of rotatable bonds is 7. The molecule has 1 unspecified atom stereocenters. The van der Waals surface area contributed by atoms with Crippen molar-refractivity contribution in [1.29, 1.82) is 0 Å². The summed E-state index contributed by atoms with van der Waals surface area (Å²) in [5.74, 6) is -0.418. The van der Waals surface area contributed by atoms with Gasteiger partial charge in [-0.2, -0.15) is 0 Å². The van der Waals surface area contributed by atoms with Crippen LogP contribution in [-0.2, 0) is 9.53 Å². The van der Waals surface area contributed by atoms with Crippen LogP contribution in [-0.4, -0.2) is 34.5 Å². The maximum atomic E-state index is 12.5. The van der Waals surface area contributed by atoms with Gasteiger partial charge in [0.05, 0.1) is 12.2 Å². The summed E-state index contributed by atoms with van der Waals surface area (Å²) in [6.07, 6.45) is 6.17. The van der Waals surface area contributed by atoms with Gasteiger partial charge in [-0.3, -0.25) is 4.79 Å². The number of nitrogens with one attached hydrogen (secondary N) is 1. The minimum Gasteiger partial charge on any atom is -0.464 e. The van der Waals surface area contributed by atoms with Crippen molar-refractivity contribution in [3.05, 3.63) is 60.4 Å². The summed E-state index contributed by atoms with van der Waals surface area (Å²) >= 11 is 0. The van der Waals surface area contributed by atoms with Crippen molar-refractivity contribution in [2.45, 2.75) is 33.7 Å². The molecule has 0 bridgehead atoms. The molecule has 148 valence electrons. The van der Waals surface area contributed by atoms with Crippen LogP contribution in [0.1, 0.15) is 38.1 Å². The lowest BCUT2D eigenvalue weighted by atomic mass is 9.95. The van der Waals surface area contributed by atoms with Crippen LogP contribution in [0.5, 0.6) is 11.8 Å². The molecule has 0 aliphatic rings. The van der Waals surface area contributed by atoms with Gasteiger partial charge in [0.1, 0.15) is 11.8 Å². The lowest BCUT2D eigenvalue weighted by Crippen LogP contribution is -2.40. The molecule has 2 rings (SSSR count). The van der Waals surface area contributed by atoms with Crippen LogP contribution in [0, 0.1) is 5.41 Å². The molecule has 0 saturated carbocycles. The molecule has 0 saturated heterocycles. The van der Waals surface area contributed by atoms with Crippen molar-refractivity contribution >= 4 is 11.9 Å². The van der Waals surface area contributed by atoms with Gasteiger partial charge < -0.3 is 14.8 Å². The molecule has 0 aliphatic carbocycles. The van der Waals surface area contributed by atoms with Gasteiger partial charge >= 0.3 is 12.0 Å². The van der Waals surface area contributed by atoms with Crippen LogP contribution in [0.3, 0.4) is 0 Å². The normalized spacial score (nSPS) is 12.4. The summed E-state index contributed by atoms with van der Waals surface area (Å²) in [5.41, 5.74) is 0.0634. The minimum atomic E-state index is -0.896. The predicted molar refractivity (Wildman–Crippen MR) is 105 cm³/mol. The van der Waals surface area contributed by atoms with Crippen molar-refractivity contribution in [3.63, 3.8) is 0 Å². The van der Waals surface area contributed by atoms with Crippen molar-refractivity contribution < 1.29 is 19.1 Å². The summed E-state index contributed by atoms with van der Waals surface area (Å²) in [5, 5.41) is 2.64. The molecular formula is C21H25N3O4. The van der Waals surface area contributed by atoms with Crippen molar-refractivity contribution in [1.82, 2.24) is 15.3 Å². The Kier molecular flexibility index (Phi) is 7.26. The van der Waals surface area contributed by atoms with Gasteiger partial charge in [-0.1, -0.05) is 51.1 Å². The van der Waals surface area contributed by atoms with Crippen LogP contribution >= 0.6 is 0 Å². The number of nitrogens with zero attached hydrogens (tertiary/aromatic N) is 2. The molecule has 0 spiro atoms. The zero-order valence-electron chi connectivity index (χ0n) is 16.5.